The smallest absolute Gasteiger partial charge is 0.197 e. The van der Waals surface area contributed by atoms with E-state index in [1.165, 1.54) is 0 Å². The van der Waals surface area contributed by atoms with Gasteiger partial charge in [0.2, 0.25) is 0 Å². The monoisotopic (exact) mass is 500 g/mol. The summed E-state index contributed by atoms with van der Waals surface area (Å²) in [7, 11) is -1.86. The molecule has 0 aromatic rings. The zero-order chi connectivity index (χ0) is 24.0. The van der Waals surface area contributed by atoms with E-state index in [2.05, 4.69) is 0 Å². The Balaban J connectivity index is 0.000000181. The Morgan fingerprint density at radius 1 is 0.938 bits per heavy atom. The van der Waals surface area contributed by atoms with Crippen molar-refractivity contribution in [1.29, 1.82) is 0 Å². The van der Waals surface area contributed by atoms with Crippen molar-refractivity contribution in [2.75, 3.05) is 67.3 Å². The summed E-state index contributed by atoms with van der Waals surface area (Å²) in [4.78, 5) is 0. The van der Waals surface area contributed by atoms with E-state index in [9.17, 15) is 9.13 Å². The van der Waals surface area contributed by atoms with Crippen LogP contribution in [0.5, 0.6) is 0 Å². The summed E-state index contributed by atoms with van der Waals surface area (Å²) in [6.07, 6.45) is -0.0821. The highest BCUT2D eigenvalue weighted by atomic mass is 31.2. The summed E-state index contributed by atoms with van der Waals surface area (Å²) in [6.45, 7) is 11.9. The van der Waals surface area contributed by atoms with Gasteiger partial charge in [-0.05, 0) is 13.8 Å². The third kappa shape index (κ3) is 5.68. The molecular formula is C20H38O10P2. The van der Waals surface area contributed by atoms with Crippen LogP contribution >= 0.6 is 14.7 Å². The van der Waals surface area contributed by atoms with Crippen molar-refractivity contribution < 1.29 is 46.6 Å². The van der Waals surface area contributed by atoms with Gasteiger partial charge in [0.15, 0.2) is 20.5 Å². The first kappa shape index (κ1) is 26.7. The molecule has 4 saturated heterocycles. The molecule has 0 aromatic carbocycles. The van der Waals surface area contributed by atoms with Gasteiger partial charge >= 0.3 is 0 Å². The van der Waals surface area contributed by atoms with Crippen molar-refractivity contribution in [3.05, 3.63) is 0 Å². The summed E-state index contributed by atoms with van der Waals surface area (Å²) in [5, 5.41) is 0. The van der Waals surface area contributed by atoms with Gasteiger partial charge in [-0.1, -0.05) is 0 Å². The number of hydrogen-bond acceptors (Lipinski definition) is 10. The van der Waals surface area contributed by atoms with Gasteiger partial charge in [0.05, 0.1) is 32.5 Å². The Hall–Kier alpha value is 0.140. The zero-order valence-electron chi connectivity index (χ0n) is 20.3. The van der Waals surface area contributed by atoms with Gasteiger partial charge in [-0.3, -0.25) is 9.13 Å². The van der Waals surface area contributed by atoms with Crippen LogP contribution in [-0.2, 0) is 46.6 Å². The first-order valence-corrected chi connectivity index (χ1v) is 15.8. The number of rotatable bonds is 8. The van der Waals surface area contributed by atoms with E-state index in [4.69, 9.17) is 37.5 Å². The Kier molecular flexibility index (Phi) is 7.77. The fourth-order valence-corrected chi connectivity index (χ4v) is 6.59. The van der Waals surface area contributed by atoms with E-state index in [1.807, 2.05) is 13.8 Å². The molecule has 0 saturated carbocycles. The molecule has 0 aliphatic carbocycles. The minimum atomic E-state index is -2.56. The zero-order valence-corrected chi connectivity index (χ0v) is 22.1. The van der Waals surface area contributed by atoms with Gasteiger partial charge in [0, 0.05) is 47.3 Å². The Morgan fingerprint density at radius 3 is 2.03 bits per heavy atom. The van der Waals surface area contributed by atoms with E-state index in [1.54, 1.807) is 40.9 Å². The van der Waals surface area contributed by atoms with E-state index in [0.717, 1.165) is 0 Å². The maximum absolute atomic E-state index is 11.8. The highest BCUT2D eigenvalue weighted by molar-refractivity contribution is 7.57. The molecule has 0 spiro atoms. The predicted molar refractivity (Wildman–Crippen MR) is 118 cm³/mol. The van der Waals surface area contributed by atoms with Crippen molar-refractivity contribution in [3.8, 4) is 0 Å². The van der Waals surface area contributed by atoms with Gasteiger partial charge in [-0.2, -0.15) is 0 Å². The number of hydrogen-bond donors (Lipinski definition) is 0. The Bertz CT molecular complexity index is 759. The van der Waals surface area contributed by atoms with Crippen molar-refractivity contribution in [3.63, 3.8) is 0 Å². The minimum absolute atomic E-state index is 0.0413. The summed E-state index contributed by atoms with van der Waals surface area (Å²) in [5.74, 6) is -0.613. The maximum Gasteiger partial charge on any atom is 0.197 e. The lowest BCUT2D eigenvalue weighted by Gasteiger charge is -2.32. The second-order valence-corrected chi connectivity index (χ2v) is 15.4. The topological polar surface area (TPSA) is 108 Å². The molecule has 0 N–H and O–H groups in total. The molecule has 4 rings (SSSR count). The maximum atomic E-state index is 11.8. The quantitative estimate of drug-likeness (QED) is 0.462. The van der Waals surface area contributed by atoms with Gasteiger partial charge in [0.25, 0.3) is 0 Å². The standard InChI is InChI=1S/2C10H19O5P/c1-9-5-8(14-16(3,4)11)10(15-9,6-12-2)7-13-9;1-7-8-9(15-16(3,4)11)10(14-7,5-12-2)6-13-8/h8H,5-7H2,1-4H3;7-9H,5-6H2,1-4H3/t8?,9-,10-;7-,8?,9+,10-/m00/s1. The first-order chi connectivity index (χ1) is 14.7. The van der Waals surface area contributed by atoms with Gasteiger partial charge < -0.3 is 37.5 Å². The highest BCUT2D eigenvalue weighted by Gasteiger charge is 2.63. The average molecular weight is 500 g/mol. The highest BCUT2D eigenvalue weighted by Crippen LogP contribution is 2.53. The molecule has 4 bridgehead atoms. The molecule has 0 radical (unpaired) electrons. The lowest BCUT2D eigenvalue weighted by molar-refractivity contribution is -0.158. The molecule has 12 heteroatoms. The van der Waals surface area contributed by atoms with Crippen LogP contribution in [0.15, 0.2) is 0 Å². The molecule has 32 heavy (non-hydrogen) atoms. The van der Waals surface area contributed by atoms with Crippen LogP contribution in [0.2, 0.25) is 0 Å². The van der Waals surface area contributed by atoms with Crippen molar-refractivity contribution in [1.82, 2.24) is 0 Å². The molecule has 2 unspecified atom stereocenters. The molecule has 10 nitrogen and oxygen atoms in total. The first-order valence-electron chi connectivity index (χ1n) is 10.7. The lowest BCUT2D eigenvalue weighted by atomic mass is 9.95. The minimum Gasteiger partial charge on any atom is -0.381 e. The third-order valence-corrected chi connectivity index (χ3v) is 7.43. The normalized spacial score (nSPS) is 42.9. The van der Waals surface area contributed by atoms with Crippen molar-refractivity contribution in [2.45, 2.75) is 61.7 Å². The second-order valence-electron chi connectivity index (χ2n) is 9.95. The molecule has 4 aliphatic rings. The van der Waals surface area contributed by atoms with Crippen LogP contribution in [0.1, 0.15) is 20.3 Å². The molecule has 0 amide bonds. The largest absolute Gasteiger partial charge is 0.381 e. The lowest BCUT2D eigenvalue weighted by Crippen LogP contribution is -2.47. The van der Waals surface area contributed by atoms with Crippen LogP contribution in [0, 0.1) is 0 Å². The van der Waals surface area contributed by atoms with E-state index < -0.39 is 31.7 Å². The summed E-state index contributed by atoms with van der Waals surface area (Å²) in [6, 6.07) is 0. The number of fused-ring (bicyclic) bond motifs is 4. The summed E-state index contributed by atoms with van der Waals surface area (Å²) < 4.78 is 68.0. The molecular weight excluding hydrogens is 462 g/mol. The van der Waals surface area contributed by atoms with Crippen molar-refractivity contribution >= 4 is 14.7 Å². The Morgan fingerprint density at radius 2 is 1.53 bits per heavy atom. The fourth-order valence-electron chi connectivity index (χ4n) is 4.85. The molecule has 4 fully saturated rings. The summed E-state index contributed by atoms with van der Waals surface area (Å²) in [5.41, 5.74) is -1.17. The summed E-state index contributed by atoms with van der Waals surface area (Å²) >= 11 is 0. The van der Waals surface area contributed by atoms with Crippen molar-refractivity contribution in [2.24, 2.45) is 0 Å². The van der Waals surface area contributed by atoms with Crippen LogP contribution in [-0.4, -0.2) is 109 Å². The third-order valence-electron chi connectivity index (χ3n) is 5.93. The van der Waals surface area contributed by atoms with E-state index in [0.29, 0.717) is 32.8 Å². The fraction of sp³-hybridized carbons (Fsp3) is 1.00. The van der Waals surface area contributed by atoms with Gasteiger partial charge in [0.1, 0.15) is 29.5 Å². The van der Waals surface area contributed by atoms with Crippen LogP contribution in [0.3, 0.4) is 0 Å². The second kappa shape index (κ2) is 9.30. The molecule has 188 valence electrons. The molecule has 0 aromatic heterocycles. The Labute approximate surface area is 190 Å². The van der Waals surface area contributed by atoms with Gasteiger partial charge in [-0.15, -0.1) is 0 Å². The molecule has 7 atom stereocenters. The predicted octanol–water partition coefficient (Wildman–Crippen LogP) is 2.57. The number of methoxy groups -OCH3 is 2. The SMILES string of the molecule is COC[C@@]12COC([C@H](C)O1)[C@H]2OP(C)(C)=O.COC[C@]12CO[C@](C)(CC1OP(C)(C)=O)O2. The van der Waals surface area contributed by atoms with E-state index in [-0.39, 0.29) is 24.4 Å². The molecule has 4 aliphatic heterocycles. The van der Waals surface area contributed by atoms with Crippen LogP contribution in [0.25, 0.3) is 0 Å². The van der Waals surface area contributed by atoms with Crippen LogP contribution < -0.4 is 0 Å². The number of ether oxygens (including phenoxy) is 6. The molecule has 4 heterocycles. The van der Waals surface area contributed by atoms with Gasteiger partial charge in [-0.25, -0.2) is 0 Å². The average Bonchev–Trinajstić information content (AvgIpc) is 3.27. The van der Waals surface area contributed by atoms with E-state index >= 15 is 0 Å². The van der Waals surface area contributed by atoms with Crippen LogP contribution in [0.4, 0.5) is 0 Å².